The van der Waals surface area contributed by atoms with E-state index in [4.69, 9.17) is 11.6 Å². The van der Waals surface area contributed by atoms with Crippen molar-refractivity contribution in [2.45, 2.75) is 37.1 Å². The van der Waals surface area contributed by atoms with Gasteiger partial charge in [-0.2, -0.15) is 0 Å². The molecule has 0 bridgehead atoms. The fourth-order valence-corrected chi connectivity index (χ4v) is 5.16. The Hall–Kier alpha value is -2.44. The van der Waals surface area contributed by atoms with E-state index in [1.165, 1.54) is 5.56 Å². The van der Waals surface area contributed by atoms with Crippen LogP contribution in [0.4, 0.5) is 16.3 Å². The van der Waals surface area contributed by atoms with Gasteiger partial charge in [0.05, 0.1) is 16.8 Å². The van der Waals surface area contributed by atoms with Crippen molar-refractivity contribution in [3.05, 3.63) is 53.2 Å². The van der Waals surface area contributed by atoms with Crippen LogP contribution in [0.1, 0.15) is 31.2 Å². The van der Waals surface area contributed by atoms with E-state index in [0.717, 1.165) is 44.5 Å². The number of carbonyl (C=O) groups excluding carboxylic acids is 1. The van der Waals surface area contributed by atoms with E-state index in [0.29, 0.717) is 23.9 Å². The lowest BCUT2D eigenvalue weighted by Gasteiger charge is -2.42. The summed E-state index contributed by atoms with van der Waals surface area (Å²) in [6.45, 7) is 3.14. The number of likely N-dealkylation sites (tertiary alicyclic amines) is 1. The van der Waals surface area contributed by atoms with Gasteiger partial charge in [-0.25, -0.2) is 9.78 Å². The van der Waals surface area contributed by atoms with Crippen LogP contribution in [0.15, 0.2) is 47.6 Å². The minimum atomic E-state index is -0.0484. The second-order valence-electron chi connectivity index (χ2n) is 8.38. The monoisotopic (exact) mass is 423 g/mol. The molecule has 1 aromatic heterocycles. The van der Waals surface area contributed by atoms with Crippen LogP contribution in [-0.2, 0) is 5.41 Å². The standard InChI is InChI=1S/C23H26ClN5O/c24-19-7-4-12-26-21(19)29(17-5-3-11-25-15-17)22(30)28-13-9-23(10-14-28)16-27-20-8-2-1-6-18(20)23/h1-2,4,6-8,12,16-17,25H,3,5,9-11,13-15H2/t17-/m1/s1. The summed E-state index contributed by atoms with van der Waals surface area (Å²) in [7, 11) is 0. The molecule has 156 valence electrons. The van der Waals surface area contributed by atoms with Crippen molar-refractivity contribution >= 4 is 35.4 Å². The quantitative estimate of drug-likeness (QED) is 0.788. The zero-order valence-corrected chi connectivity index (χ0v) is 17.7. The van der Waals surface area contributed by atoms with Crippen LogP contribution in [0, 0.1) is 0 Å². The highest BCUT2D eigenvalue weighted by Crippen LogP contribution is 2.43. The zero-order valence-electron chi connectivity index (χ0n) is 16.9. The molecule has 1 aromatic carbocycles. The topological polar surface area (TPSA) is 60.8 Å². The maximum Gasteiger partial charge on any atom is 0.326 e. The van der Waals surface area contributed by atoms with Crippen molar-refractivity contribution in [1.29, 1.82) is 0 Å². The molecule has 0 aliphatic carbocycles. The molecular weight excluding hydrogens is 398 g/mol. The highest BCUT2D eigenvalue weighted by molar-refractivity contribution is 6.33. The molecule has 2 aromatic rings. The molecule has 1 atom stereocenters. The van der Waals surface area contributed by atoms with Crippen molar-refractivity contribution in [1.82, 2.24) is 15.2 Å². The number of carbonyl (C=O) groups is 1. The maximum atomic E-state index is 13.7. The van der Waals surface area contributed by atoms with Crippen LogP contribution in [0.5, 0.6) is 0 Å². The number of para-hydroxylation sites is 1. The number of benzene rings is 1. The van der Waals surface area contributed by atoms with Gasteiger partial charge in [0.2, 0.25) is 0 Å². The average Bonchev–Trinajstić information content (AvgIpc) is 3.15. The molecule has 0 radical (unpaired) electrons. The number of halogens is 1. The molecule has 0 saturated carbocycles. The summed E-state index contributed by atoms with van der Waals surface area (Å²) in [6, 6.07) is 12.0. The summed E-state index contributed by atoms with van der Waals surface area (Å²) in [5.74, 6) is 0.561. The summed E-state index contributed by atoms with van der Waals surface area (Å²) in [4.78, 5) is 26.6. The number of fused-ring (bicyclic) bond motifs is 2. The van der Waals surface area contributed by atoms with E-state index in [1.807, 2.05) is 15.9 Å². The molecular formula is C23H26ClN5O. The Balaban J connectivity index is 1.37. The Bertz CT molecular complexity index is 964. The number of aromatic nitrogens is 1. The van der Waals surface area contributed by atoms with Crippen molar-refractivity contribution in [3.63, 3.8) is 0 Å². The number of aliphatic imine (C=N–C) groups is 1. The third kappa shape index (κ3) is 3.38. The first kappa shape index (κ1) is 19.5. The Morgan fingerprint density at radius 3 is 2.80 bits per heavy atom. The van der Waals surface area contributed by atoms with Gasteiger partial charge in [-0.3, -0.25) is 9.89 Å². The van der Waals surface area contributed by atoms with Gasteiger partial charge in [-0.15, -0.1) is 0 Å². The van der Waals surface area contributed by atoms with E-state index in [1.54, 1.807) is 18.3 Å². The Morgan fingerprint density at radius 1 is 1.20 bits per heavy atom. The number of hydrogen-bond acceptors (Lipinski definition) is 4. The number of amides is 2. The smallest absolute Gasteiger partial charge is 0.324 e. The van der Waals surface area contributed by atoms with E-state index in [-0.39, 0.29) is 17.5 Å². The van der Waals surface area contributed by atoms with Crippen molar-refractivity contribution in [3.8, 4) is 0 Å². The third-order valence-corrected chi connectivity index (χ3v) is 6.92. The molecule has 1 N–H and O–H groups in total. The lowest BCUT2D eigenvalue weighted by atomic mass is 9.74. The minimum Gasteiger partial charge on any atom is -0.324 e. The largest absolute Gasteiger partial charge is 0.326 e. The Morgan fingerprint density at radius 2 is 2.03 bits per heavy atom. The Kier molecular flexibility index (Phi) is 5.21. The van der Waals surface area contributed by atoms with Crippen LogP contribution in [-0.4, -0.2) is 54.4 Å². The maximum absolute atomic E-state index is 13.7. The fraction of sp³-hybridized carbons (Fsp3) is 0.435. The van der Waals surface area contributed by atoms with Gasteiger partial charge >= 0.3 is 6.03 Å². The average molecular weight is 424 g/mol. The van der Waals surface area contributed by atoms with Gasteiger partial charge in [0, 0.05) is 37.5 Å². The molecule has 6 nitrogen and oxygen atoms in total. The van der Waals surface area contributed by atoms with Gasteiger partial charge in [-0.1, -0.05) is 29.8 Å². The summed E-state index contributed by atoms with van der Waals surface area (Å²) < 4.78 is 0. The van der Waals surface area contributed by atoms with Crippen LogP contribution in [0.2, 0.25) is 5.02 Å². The van der Waals surface area contributed by atoms with Crippen LogP contribution < -0.4 is 10.2 Å². The molecule has 7 heteroatoms. The number of hydrogen-bond donors (Lipinski definition) is 1. The first-order valence-electron chi connectivity index (χ1n) is 10.7. The third-order valence-electron chi connectivity index (χ3n) is 6.63. The van der Waals surface area contributed by atoms with E-state index in [2.05, 4.69) is 39.7 Å². The first-order valence-corrected chi connectivity index (χ1v) is 11.1. The molecule has 4 heterocycles. The molecule has 3 aliphatic heterocycles. The molecule has 2 fully saturated rings. The van der Waals surface area contributed by atoms with E-state index < -0.39 is 0 Å². The SMILES string of the molecule is O=C(N1CCC2(C=Nc3ccccc32)CC1)N(c1ncccc1Cl)[C@@H]1CCCNC1. The summed E-state index contributed by atoms with van der Waals surface area (Å²) in [5.41, 5.74) is 2.30. The molecule has 5 rings (SSSR count). The fourth-order valence-electron chi connectivity index (χ4n) is 4.95. The van der Waals surface area contributed by atoms with Crippen LogP contribution >= 0.6 is 11.6 Å². The highest BCUT2D eigenvalue weighted by Gasteiger charge is 2.42. The number of anilines is 1. The van der Waals surface area contributed by atoms with Gasteiger partial charge in [0.15, 0.2) is 5.82 Å². The first-order chi connectivity index (χ1) is 14.7. The molecule has 30 heavy (non-hydrogen) atoms. The predicted molar refractivity (Wildman–Crippen MR) is 120 cm³/mol. The number of urea groups is 1. The molecule has 0 unspecified atom stereocenters. The van der Waals surface area contributed by atoms with Gasteiger partial charge < -0.3 is 10.2 Å². The van der Waals surface area contributed by atoms with Crippen LogP contribution in [0.25, 0.3) is 0 Å². The van der Waals surface area contributed by atoms with E-state index >= 15 is 0 Å². The van der Waals surface area contributed by atoms with Crippen molar-refractivity contribution < 1.29 is 4.79 Å². The molecule has 2 amide bonds. The van der Waals surface area contributed by atoms with Crippen LogP contribution in [0.3, 0.4) is 0 Å². The van der Waals surface area contributed by atoms with Gasteiger partial charge in [0.1, 0.15) is 0 Å². The lowest BCUT2D eigenvalue weighted by Crippen LogP contribution is -2.56. The second-order valence-corrected chi connectivity index (χ2v) is 8.79. The Labute approximate surface area is 181 Å². The summed E-state index contributed by atoms with van der Waals surface area (Å²) in [5, 5.41) is 3.93. The normalized spacial score (nSPS) is 22.2. The lowest BCUT2D eigenvalue weighted by molar-refractivity contribution is 0.177. The number of pyridine rings is 1. The number of nitrogens with one attached hydrogen (secondary N) is 1. The second kappa shape index (κ2) is 8.00. The zero-order chi connectivity index (χ0) is 20.6. The number of nitrogens with zero attached hydrogens (tertiary/aromatic N) is 4. The van der Waals surface area contributed by atoms with Crippen molar-refractivity contribution in [2.75, 3.05) is 31.1 Å². The number of rotatable bonds is 2. The van der Waals surface area contributed by atoms with Crippen molar-refractivity contribution in [2.24, 2.45) is 4.99 Å². The molecule has 2 saturated heterocycles. The van der Waals surface area contributed by atoms with E-state index in [9.17, 15) is 4.79 Å². The van der Waals surface area contributed by atoms with Gasteiger partial charge in [-0.05, 0) is 56.0 Å². The minimum absolute atomic E-state index is 0.00220. The number of piperidine rings is 2. The molecule has 3 aliphatic rings. The highest BCUT2D eigenvalue weighted by atomic mass is 35.5. The summed E-state index contributed by atoms with van der Waals surface area (Å²) >= 11 is 6.46. The summed E-state index contributed by atoms with van der Waals surface area (Å²) in [6.07, 6.45) is 7.55. The molecule has 1 spiro atoms. The van der Waals surface area contributed by atoms with Gasteiger partial charge in [0.25, 0.3) is 0 Å². The predicted octanol–water partition coefficient (Wildman–Crippen LogP) is 4.16.